The lowest BCUT2D eigenvalue weighted by atomic mass is 9.98. The fraction of sp³-hybridized carbons (Fsp3) is 0. The van der Waals surface area contributed by atoms with Gasteiger partial charge in [0, 0.05) is 88.5 Å². The van der Waals surface area contributed by atoms with Crippen LogP contribution in [0.2, 0.25) is 0 Å². The predicted octanol–water partition coefficient (Wildman–Crippen LogP) is 23.9. The Labute approximate surface area is 608 Å². The Kier molecular flexibility index (Phi) is 15.0. The Morgan fingerprint density at radius 1 is 0.151 bits per heavy atom. The van der Waals surface area contributed by atoms with Crippen molar-refractivity contribution >= 4 is 109 Å². The van der Waals surface area contributed by atoms with Gasteiger partial charge < -0.3 is 0 Å². The molecule has 11 aromatic carbocycles. The number of pyridine rings is 10. The summed E-state index contributed by atoms with van der Waals surface area (Å²) in [5.41, 5.74) is 27.7. The third-order valence-electron chi connectivity index (χ3n) is 20.2. The molecule has 0 unspecified atom stereocenters. The fourth-order valence-corrected chi connectivity index (χ4v) is 14.6. The van der Waals surface area contributed by atoms with Gasteiger partial charge in [-0.2, -0.15) is 0 Å². The van der Waals surface area contributed by atoms with E-state index in [4.69, 9.17) is 39.9 Å². The average Bonchev–Trinajstić information content (AvgIpc) is 0.774. The molecule has 0 saturated heterocycles. The molecule has 0 fully saturated rings. The third kappa shape index (κ3) is 11.5. The maximum Gasteiger partial charge on any atom is 0.0972 e. The first-order valence-electron chi connectivity index (χ1n) is 35.4. The summed E-state index contributed by atoms with van der Waals surface area (Å²) in [7, 11) is 0. The van der Waals surface area contributed by atoms with E-state index in [0.717, 1.165) is 210 Å². The van der Waals surface area contributed by atoms with Gasteiger partial charge in [0.05, 0.1) is 101 Å². The van der Waals surface area contributed by atoms with Crippen LogP contribution in [-0.4, -0.2) is 49.8 Å². The second-order valence-corrected chi connectivity index (χ2v) is 26.7. The molecule has 0 saturated carbocycles. The van der Waals surface area contributed by atoms with Gasteiger partial charge in [0.2, 0.25) is 0 Å². The van der Waals surface area contributed by atoms with Crippen molar-refractivity contribution in [1.29, 1.82) is 0 Å². The van der Waals surface area contributed by atoms with Crippen LogP contribution in [0.5, 0.6) is 0 Å². The van der Waals surface area contributed by atoms with Crippen LogP contribution in [0.25, 0.3) is 210 Å². The van der Waals surface area contributed by atoms with E-state index < -0.39 is 0 Å². The number of aromatic nitrogens is 10. The van der Waals surface area contributed by atoms with Gasteiger partial charge in [-0.15, -0.1) is 0 Å². The zero-order chi connectivity index (χ0) is 70.0. The molecule has 10 heterocycles. The summed E-state index contributed by atoms with van der Waals surface area (Å²) in [6, 6.07) is 118. The maximum atomic E-state index is 5.14. The van der Waals surface area contributed by atoms with Gasteiger partial charge in [0.25, 0.3) is 0 Å². The molecule has 10 heteroatoms. The second-order valence-electron chi connectivity index (χ2n) is 26.7. The summed E-state index contributed by atoms with van der Waals surface area (Å²) in [6.45, 7) is 0. The standard InChI is InChI=1S/C51H31N5.C45H27N5/c1-2-6-32(7-3-1)44-23-17-36-14-15-37-18-24-45(56-51(37)50(36)55-44)35-12-10-34(11-13-35)43-27-21-40-30-38(19-25-46(40)52-43)39-20-26-47-41(31-39)22-29-49(54-47)48-28-16-33-8-4-5-9-42(33)53-48;1-2-6-38-29(4-1)12-21-42(49-38)43-22-16-35-27-33(14-19-41(35)50-43)32-13-18-40-34(26-32)15-20-39(48-40)30-9-7-28(8-10-30)36-23-25-47-45-37(36)17-11-31-5-3-24-46-44(31)45/h1-31H;1-27H. The van der Waals surface area contributed by atoms with Crippen molar-refractivity contribution < 1.29 is 0 Å². The zero-order valence-electron chi connectivity index (χ0n) is 57.0. The normalized spacial score (nSPS) is 11.6. The second kappa shape index (κ2) is 25.8. The lowest BCUT2D eigenvalue weighted by Gasteiger charge is -2.10. The molecule has 0 aliphatic rings. The van der Waals surface area contributed by atoms with Crippen molar-refractivity contribution in [2.75, 3.05) is 0 Å². The van der Waals surface area contributed by atoms with Gasteiger partial charge in [-0.05, 0) is 155 Å². The van der Waals surface area contributed by atoms with Crippen molar-refractivity contribution in [3.63, 3.8) is 0 Å². The Morgan fingerprint density at radius 2 is 0.453 bits per heavy atom. The zero-order valence-corrected chi connectivity index (χ0v) is 57.0. The van der Waals surface area contributed by atoms with E-state index in [1.807, 2.05) is 85.2 Å². The van der Waals surface area contributed by atoms with Gasteiger partial charge in [-0.1, -0.05) is 218 Å². The number of para-hydroxylation sites is 2. The molecule has 0 bridgehead atoms. The topological polar surface area (TPSA) is 129 Å². The van der Waals surface area contributed by atoms with Crippen molar-refractivity contribution in [2.45, 2.75) is 0 Å². The first kappa shape index (κ1) is 61.4. The van der Waals surface area contributed by atoms with E-state index >= 15 is 0 Å². The minimum absolute atomic E-state index is 0.868. The Hall–Kier alpha value is -14.5. The highest BCUT2D eigenvalue weighted by Crippen LogP contribution is 2.37. The SMILES string of the molecule is c1ccc(-c2ccc3ccc4ccc(-c5ccc(-c6ccc7cc(-c8ccc9nc(-c%10ccc%11ccccc%11n%10)ccc9c8)ccc7n6)cc5)nc4c3n2)cc1.c1ccc2nc(-c3ccc4cc(-c5ccc6nc(-c7ccc(-c8ccnc9c8ccc8cccnc89)cc7)ccc6c5)ccc4n3)ccc2c1. The lowest BCUT2D eigenvalue weighted by Crippen LogP contribution is -1.91. The van der Waals surface area contributed by atoms with Crippen LogP contribution < -0.4 is 0 Å². The van der Waals surface area contributed by atoms with E-state index in [0.29, 0.717) is 0 Å². The average molecular weight is 1350 g/mol. The van der Waals surface area contributed by atoms with Crippen LogP contribution in [0.3, 0.4) is 0 Å². The van der Waals surface area contributed by atoms with Crippen molar-refractivity contribution in [2.24, 2.45) is 0 Å². The maximum absolute atomic E-state index is 5.14. The van der Waals surface area contributed by atoms with Crippen LogP contribution >= 0.6 is 0 Å². The largest absolute Gasteiger partial charge is 0.254 e. The highest BCUT2D eigenvalue weighted by Gasteiger charge is 2.16. The van der Waals surface area contributed by atoms with Crippen LogP contribution in [-0.2, 0) is 0 Å². The highest BCUT2D eigenvalue weighted by molar-refractivity contribution is 6.08. The van der Waals surface area contributed by atoms with Gasteiger partial charge in [-0.3, -0.25) is 9.97 Å². The van der Waals surface area contributed by atoms with Gasteiger partial charge in [0.1, 0.15) is 0 Å². The number of fused-ring (bicyclic) bond motifs is 12. The molecule has 21 aromatic rings. The predicted molar refractivity (Wildman–Crippen MR) is 435 cm³/mol. The lowest BCUT2D eigenvalue weighted by molar-refractivity contribution is 1.32. The molecule has 0 radical (unpaired) electrons. The highest BCUT2D eigenvalue weighted by atomic mass is 14.8. The van der Waals surface area contributed by atoms with E-state index in [2.05, 4.69) is 277 Å². The van der Waals surface area contributed by atoms with E-state index in [1.54, 1.807) is 0 Å². The molecular formula is C96H58N10. The summed E-state index contributed by atoms with van der Waals surface area (Å²) in [6.07, 6.45) is 3.69. The first-order valence-corrected chi connectivity index (χ1v) is 35.4. The molecule has 0 aliphatic heterocycles. The monoisotopic (exact) mass is 1350 g/mol. The van der Waals surface area contributed by atoms with E-state index in [-0.39, 0.29) is 0 Å². The number of hydrogen-bond donors (Lipinski definition) is 0. The third-order valence-corrected chi connectivity index (χ3v) is 20.2. The summed E-state index contributed by atoms with van der Waals surface area (Å²) < 4.78 is 0. The smallest absolute Gasteiger partial charge is 0.0972 e. The minimum Gasteiger partial charge on any atom is -0.254 e. The van der Waals surface area contributed by atoms with Gasteiger partial charge >= 0.3 is 0 Å². The molecule has 0 spiro atoms. The van der Waals surface area contributed by atoms with E-state index in [1.165, 1.54) is 0 Å². The molecule has 21 rings (SSSR count). The summed E-state index contributed by atoms with van der Waals surface area (Å²) in [5.74, 6) is 0. The van der Waals surface area contributed by atoms with E-state index in [9.17, 15) is 0 Å². The molecule has 492 valence electrons. The molecule has 10 aromatic heterocycles. The summed E-state index contributed by atoms with van der Waals surface area (Å²) in [5, 5.41) is 11.0. The quantitative estimate of drug-likeness (QED) is 0.129. The summed E-state index contributed by atoms with van der Waals surface area (Å²) in [4.78, 5) is 49.2. The Bertz CT molecular complexity index is 7090. The minimum atomic E-state index is 0.868. The van der Waals surface area contributed by atoms with Crippen LogP contribution in [0, 0.1) is 0 Å². The number of nitrogens with zero attached hydrogens (tertiary/aromatic N) is 10. The molecule has 0 aliphatic carbocycles. The molecule has 0 amide bonds. The van der Waals surface area contributed by atoms with Gasteiger partial charge in [-0.25, -0.2) is 39.9 Å². The van der Waals surface area contributed by atoms with Gasteiger partial charge in [0.15, 0.2) is 0 Å². The molecular weight excluding hydrogens is 1290 g/mol. The first-order chi connectivity index (χ1) is 52.4. The van der Waals surface area contributed by atoms with Crippen LogP contribution in [0.15, 0.2) is 352 Å². The Morgan fingerprint density at radius 3 is 0.906 bits per heavy atom. The van der Waals surface area contributed by atoms with Crippen molar-refractivity contribution in [3.05, 3.63) is 352 Å². The molecule has 10 nitrogen and oxygen atoms in total. The Balaban J connectivity index is 0.000000141. The number of rotatable bonds is 9. The van der Waals surface area contributed by atoms with Crippen molar-refractivity contribution in [1.82, 2.24) is 49.8 Å². The molecule has 0 N–H and O–H groups in total. The number of hydrogen-bond acceptors (Lipinski definition) is 10. The fourth-order valence-electron chi connectivity index (χ4n) is 14.6. The summed E-state index contributed by atoms with van der Waals surface area (Å²) >= 11 is 0. The number of benzene rings is 11. The van der Waals surface area contributed by atoms with Crippen LogP contribution in [0.4, 0.5) is 0 Å². The molecule has 106 heavy (non-hydrogen) atoms. The van der Waals surface area contributed by atoms with Crippen LogP contribution in [0.1, 0.15) is 0 Å². The van der Waals surface area contributed by atoms with Crippen molar-refractivity contribution in [3.8, 4) is 101 Å². The molecule has 0 atom stereocenters.